The summed E-state index contributed by atoms with van der Waals surface area (Å²) in [6.07, 6.45) is 5.68. The zero-order valence-corrected chi connectivity index (χ0v) is 28.7. The first kappa shape index (κ1) is 36.2. The van der Waals surface area contributed by atoms with Gasteiger partial charge in [-0.15, -0.1) is 0 Å². The molecule has 4 rings (SSSR count). The number of nitrogens with zero attached hydrogens (tertiary/aromatic N) is 3. The lowest BCUT2D eigenvalue weighted by Crippen LogP contribution is -2.57. The van der Waals surface area contributed by atoms with E-state index in [9.17, 15) is 24.0 Å². The first-order valence-electron chi connectivity index (χ1n) is 16.1. The molecular formula is C35H45N7O5S. The van der Waals surface area contributed by atoms with Gasteiger partial charge >= 0.3 is 0 Å². The van der Waals surface area contributed by atoms with Crippen molar-refractivity contribution in [2.75, 3.05) is 25.1 Å². The van der Waals surface area contributed by atoms with Crippen molar-refractivity contribution in [1.29, 1.82) is 0 Å². The summed E-state index contributed by atoms with van der Waals surface area (Å²) in [7, 11) is 0. The van der Waals surface area contributed by atoms with Gasteiger partial charge in [-0.25, -0.2) is 0 Å². The number of hydrogen-bond acceptors (Lipinski definition) is 7. The molecule has 12 nitrogen and oxygen atoms in total. The molecule has 0 spiro atoms. The standard InChI is InChI=1S/C35H45N7O5S/c1-23(2)31-34(46)39-29(15-16-48-4)33(45)37-24(3)32(44)38-28(17-25-11-7-5-8-12-25)21-41(22-30(43)40-31)35(47)27-18-36-42(20-27)19-26-13-9-6-10-14-26/h5-14,18,20,23-24,28-29,31H,15-17,19,21-22H2,1-4H3,(H,37,45)(H,38,44)(H,39,46)(H,40,43)/t24-,28+,29-,31-/m0/s1. The summed E-state index contributed by atoms with van der Waals surface area (Å²) < 4.78 is 1.65. The molecule has 0 radical (unpaired) electrons. The number of aromatic nitrogens is 2. The SMILES string of the molecule is CSCC[C@@H]1NC(=O)[C@H](C(C)C)NC(=O)CN(C(=O)c2cnn(Cc3ccccc3)c2)C[C@@H](Cc2ccccc2)NC(=O)[C@H](C)NC1=O. The Bertz CT molecular complexity index is 1550. The Kier molecular flexibility index (Phi) is 13.2. The third kappa shape index (κ3) is 10.4. The van der Waals surface area contributed by atoms with Gasteiger partial charge in [0.1, 0.15) is 18.1 Å². The second-order valence-corrected chi connectivity index (χ2v) is 13.3. The third-order valence-electron chi connectivity index (χ3n) is 8.06. The molecule has 4 N–H and O–H groups in total. The van der Waals surface area contributed by atoms with E-state index in [1.807, 2.05) is 66.9 Å². The fourth-order valence-electron chi connectivity index (χ4n) is 5.46. The van der Waals surface area contributed by atoms with Crippen molar-refractivity contribution in [1.82, 2.24) is 35.9 Å². The topological polar surface area (TPSA) is 155 Å². The van der Waals surface area contributed by atoms with E-state index in [-0.39, 0.29) is 24.6 Å². The zero-order chi connectivity index (χ0) is 34.6. The minimum absolute atomic E-state index is 0.0215. The molecule has 4 atom stereocenters. The van der Waals surface area contributed by atoms with E-state index in [0.29, 0.717) is 25.1 Å². The lowest BCUT2D eigenvalue weighted by Gasteiger charge is -2.29. The van der Waals surface area contributed by atoms with Crippen LogP contribution in [0.25, 0.3) is 0 Å². The molecule has 1 saturated heterocycles. The second kappa shape index (κ2) is 17.5. The highest BCUT2D eigenvalue weighted by Gasteiger charge is 2.33. The Morgan fingerprint density at radius 3 is 2.21 bits per heavy atom. The van der Waals surface area contributed by atoms with Crippen LogP contribution in [-0.4, -0.2) is 93.5 Å². The molecule has 1 fully saturated rings. The number of hydrogen-bond donors (Lipinski definition) is 4. The number of nitrogens with one attached hydrogen (secondary N) is 4. The molecule has 2 aromatic carbocycles. The summed E-state index contributed by atoms with van der Waals surface area (Å²) in [6, 6.07) is 15.8. The molecule has 256 valence electrons. The lowest BCUT2D eigenvalue weighted by molar-refractivity contribution is -0.134. The molecule has 13 heteroatoms. The first-order valence-corrected chi connectivity index (χ1v) is 17.5. The number of thioether (sulfide) groups is 1. The van der Waals surface area contributed by atoms with Crippen molar-refractivity contribution in [3.05, 3.63) is 89.7 Å². The van der Waals surface area contributed by atoms with Crippen LogP contribution in [0.1, 0.15) is 48.7 Å². The number of carbonyl (C=O) groups is 5. The van der Waals surface area contributed by atoms with Crippen molar-refractivity contribution in [2.45, 2.75) is 64.3 Å². The molecule has 3 aromatic rings. The van der Waals surface area contributed by atoms with Crippen molar-refractivity contribution in [3.8, 4) is 0 Å². The highest BCUT2D eigenvalue weighted by molar-refractivity contribution is 7.98. The average Bonchev–Trinajstić information content (AvgIpc) is 3.53. The van der Waals surface area contributed by atoms with Gasteiger partial charge in [0.25, 0.3) is 5.91 Å². The molecule has 0 saturated carbocycles. The number of carbonyl (C=O) groups excluding carboxylic acids is 5. The van der Waals surface area contributed by atoms with Crippen molar-refractivity contribution in [3.63, 3.8) is 0 Å². The van der Waals surface area contributed by atoms with Crippen LogP contribution in [0.4, 0.5) is 0 Å². The molecule has 0 aliphatic carbocycles. The van der Waals surface area contributed by atoms with Gasteiger partial charge < -0.3 is 26.2 Å². The summed E-state index contributed by atoms with van der Waals surface area (Å²) >= 11 is 1.53. The zero-order valence-electron chi connectivity index (χ0n) is 27.8. The van der Waals surface area contributed by atoms with Crippen LogP contribution in [-0.2, 0) is 32.1 Å². The van der Waals surface area contributed by atoms with Crippen LogP contribution in [0.5, 0.6) is 0 Å². The predicted molar refractivity (Wildman–Crippen MR) is 185 cm³/mol. The maximum absolute atomic E-state index is 14.1. The summed E-state index contributed by atoms with van der Waals surface area (Å²) in [6.45, 7) is 5.22. The molecule has 0 bridgehead atoms. The van der Waals surface area contributed by atoms with Gasteiger partial charge in [0.15, 0.2) is 0 Å². The van der Waals surface area contributed by atoms with Gasteiger partial charge in [-0.1, -0.05) is 74.5 Å². The van der Waals surface area contributed by atoms with Crippen LogP contribution in [0.15, 0.2) is 73.1 Å². The summed E-state index contributed by atoms with van der Waals surface area (Å²) in [5.74, 6) is -2.20. The average molecular weight is 676 g/mol. The van der Waals surface area contributed by atoms with Crippen LogP contribution in [0.2, 0.25) is 0 Å². The maximum atomic E-state index is 14.1. The second-order valence-electron chi connectivity index (χ2n) is 12.4. The molecule has 2 heterocycles. The Hall–Kier alpha value is -4.65. The van der Waals surface area contributed by atoms with Gasteiger partial charge in [-0.3, -0.25) is 28.7 Å². The molecule has 1 aromatic heterocycles. The van der Waals surface area contributed by atoms with E-state index in [4.69, 9.17) is 0 Å². The summed E-state index contributed by atoms with van der Waals surface area (Å²) in [5, 5.41) is 15.7. The summed E-state index contributed by atoms with van der Waals surface area (Å²) in [5.41, 5.74) is 2.20. The van der Waals surface area contributed by atoms with Crippen LogP contribution in [0.3, 0.4) is 0 Å². The minimum atomic E-state index is -0.963. The van der Waals surface area contributed by atoms with E-state index in [1.54, 1.807) is 31.6 Å². The molecule has 1 aliphatic heterocycles. The van der Waals surface area contributed by atoms with Gasteiger partial charge in [-0.2, -0.15) is 16.9 Å². The van der Waals surface area contributed by atoms with Gasteiger partial charge in [-0.05, 0) is 48.8 Å². The molecular weight excluding hydrogens is 630 g/mol. The lowest BCUT2D eigenvalue weighted by atomic mass is 10.0. The Morgan fingerprint density at radius 2 is 1.56 bits per heavy atom. The first-order chi connectivity index (χ1) is 23.0. The van der Waals surface area contributed by atoms with Gasteiger partial charge in [0.05, 0.1) is 30.9 Å². The number of rotatable bonds is 9. The van der Waals surface area contributed by atoms with Crippen molar-refractivity contribution >= 4 is 41.3 Å². The van der Waals surface area contributed by atoms with E-state index >= 15 is 0 Å². The molecule has 5 amide bonds. The highest BCUT2D eigenvalue weighted by Crippen LogP contribution is 2.13. The fraction of sp³-hybridized carbons (Fsp3) is 0.429. The predicted octanol–water partition coefficient (Wildman–Crippen LogP) is 2.00. The third-order valence-corrected chi connectivity index (χ3v) is 8.71. The minimum Gasteiger partial charge on any atom is -0.349 e. The maximum Gasteiger partial charge on any atom is 0.257 e. The van der Waals surface area contributed by atoms with E-state index in [1.165, 1.54) is 22.9 Å². The summed E-state index contributed by atoms with van der Waals surface area (Å²) in [4.78, 5) is 69.3. The number of benzene rings is 2. The van der Waals surface area contributed by atoms with Crippen LogP contribution in [0, 0.1) is 5.92 Å². The molecule has 1 aliphatic rings. The van der Waals surface area contributed by atoms with Crippen LogP contribution < -0.4 is 21.3 Å². The van der Waals surface area contributed by atoms with Crippen molar-refractivity contribution in [2.24, 2.45) is 5.92 Å². The molecule has 0 unspecified atom stereocenters. The molecule has 48 heavy (non-hydrogen) atoms. The highest BCUT2D eigenvalue weighted by atomic mass is 32.2. The quantitative estimate of drug-likeness (QED) is 0.271. The number of amides is 5. The Morgan fingerprint density at radius 1 is 0.896 bits per heavy atom. The van der Waals surface area contributed by atoms with E-state index in [2.05, 4.69) is 26.4 Å². The Balaban J connectivity index is 1.67. The monoisotopic (exact) mass is 675 g/mol. The van der Waals surface area contributed by atoms with Gasteiger partial charge in [0.2, 0.25) is 23.6 Å². The van der Waals surface area contributed by atoms with E-state index in [0.717, 1.165) is 11.1 Å². The Labute approximate surface area is 285 Å². The van der Waals surface area contributed by atoms with Crippen molar-refractivity contribution < 1.29 is 24.0 Å². The normalized spacial score (nSPS) is 21.4. The van der Waals surface area contributed by atoms with E-state index < -0.39 is 53.7 Å². The smallest absolute Gasteiger partial charge is 0.257 e. The van der Waals surface area contributed by atoms with Crippen LogP contribution >= 0.6 is 11.8 Å². The van der Waals surface area contributed by atoms with Gasteiger partial charge in [0, 0.05) is 12.7 Å². The fourth-order valence-corrected chi connectivity index (χ4v) is 5.93. The largest absolute Gasteiger partial charge is 0.349 e.